The Kier molecular flexibility index (Phi) is 4.74. The molecule has 0 radical (unpaired) electrons. The van der Waals surface area contributed by atoms with Gasteiger partial charge in [-0.15, -0.1) is 0 Å². The molecule has 0 aliphatic carbocycles. The number of carbonyl (C=O) groups is 2. The molecule has 2 amide bonds. The van der Waals surface area contributed by atoms with Crippen molar-refractivity contribution in [2.24, 2.45) is 5.92 Å². The van der Waals surface area contributed by atoms with Gasteiger partial charge in [-0.25, -0.2) is 0 Å². The fourth-order valence-electron chi connectivity index (χ4n) is 2.89. The van der Waals surface area contributed by atoms with Crippen LogP contribution in [0.15, 0.2) is 53.5 Å². The zero-order valence-corrected chi connectivity index (χ0v) is 13.2. The molecule has 6 heteroatoms. The van der Waals surface area contributed by atoms with Gasteiger partial charge in [-0.05, 0) is 37.1 Å². The molecule has 2 N–H and O–H groups in total. The predicted molar refractivity (Wildman–Crippen MR) is 90.8 cm³/mol. The summed E-state index contributed by atoms with van der Waals surface area (Å²) in [6, 6.07) is 12.3. The maximum Gasteiger partial charge on any atom is 0.271 e. The van der Waals surface area contributed by atoms with E-state index in [0.717, 1.165) is 6.42 Å². The molecular formula is C18H19N3O3. The first kappa shape index (κ1) is 16.0. The van der Waals surface area contributed by atoms with E-state index in [1.54, 1.807) is 29.2 Å². The third kappa shape index (κ3) is 3.53. The number of aromatic amines is 1. The lowest BCUT2D eigenvalue weighted by Crippen LogP contribution is -2.44. The molecule has 6 nitrogen and oxygen atoms in total. The van der Waals surface area contributed by atoms with Crippen molar-refractivity contribution in [1.82, 2.24) is 9.88 Å². The Morgan fingerprint density at radius 2 is 1.92 bits per heavy atom. The maximum absolute atomic E-state index is 12.5. The van der Waals surface area contributed by atoms with E-state index in [9.17, 15) is 14.4 Å². The topological polar surface area (TPSA) is 82.3 Å². The lowest BCUT2D eigenvalue weighted by atomic mass is 9.96. The highest BCUT2D eigenvalue weighted by Gasteiger charge is 2.29. The van der Waals surface area contributed by atoms with Crippen molar-refractivity contribution in [1.29, 1.82) is 0 Å². The van der Waals surface area contributed by atoms with Gasteiger partial charge in [0.2, 0.25) is 5.91 Å². The molecule has 1 aliphatic rings. The molecule has 0 saturated carbocycles. The monoisotopic (exact) mass is 325 g/mol. The van der Waals surface area contributed by atoms with Crippen molar-refractivity contribution in [2.45, 2.75) is 12.8 Å². The third-order valence-electron chi connectivity index (χ3n) is 4.18. The lowest BCUT2D eigenvalue weighted by molar-refractivity contribution is -0.121. The van der Waals surface area contributed by atoms with Gasteiger partial charge in [0.05, 0.1) is 5.92 Å². The summed E-state index contributed by atoms with van der Waals surface area (Å²) in [5, 5.41) is 2.66. The number of hydrogen-bond donors (Lipinski definition) is 2. The number of pyridine rings is 1. The Bertz CT molecular complexity index is 785. The standard InChI is InChI=1S/C18H19N3O3/c22-16(20-15-9-4-10-19-17(15)23)14-8-5-11-21(12-14)18(24)13-6-2-1-3-7-13/h1-4,6-7,9-10,14H,5,8,11-12H2,(H,19,23)(H,20,22). The minimum Gasteiger partial charge on any atom is -0.338 e. The summed E-state index contributed by atoms with van der Waals surface area (Å²) in [7, 11) is 0. The van der Waals surface area contributed by atoms with E-state index in [-0.39, 0.29) is 29.0 Å². The van der Waals surface area contributed by atoms with Crippen LogP contribution in [0, 0.1) is 5.92 Å². The first-order chi connectivity index (χ1) is 11.6. The molecule has 1 aromatic heterocycles. The van der Waals surface area contributed by atoms with Crippen LogP contribution < -0.4 is 10.9 Å². The van der Waals surface area contributed by atoms with Gasteiger partial charge in [0, 0.05) is 24.8 Å². The molecule has 1 unspecified atom stereocenters. The van der Waals surface area contributed by atoms with Gasteiger partial charge >= 0.3 is 0 Å². The van der Waals surface area contributed by atoms with Gasteiger partial charge < -0.3 is 15.2 Å². The number of carbonyl (C=O) groups excluding carboxylic acids is 2. The van der Waals surface area contributed by atoms with Gasteiger partial charge in [-0.2, -0.15) is 0 Å². The number of amides is 2. The van der Waals surface area contributed by atoms with Crippen LogP contribution in [-0.4, -0.2) is 34.8 Å². The highest BCUT2D eigenvalue weighted by Crippen LogP contribution is 2.20. The van der Waals surface area contributed by atoms with Gasteiger partial charge in [0.1, 0.15) is 5.69 Å². The number of piperidine rings is 1. The van der Waals surface area contributed by atoms with Crippen molar-refractivity contribution >= 4 is 17.5 Å². The van der Waals surface area contributed by atoms with E-state index < -0.39 is 0 Å². The van der Waals surface area contributed by atoms with Crippen LogP contribution in [0.5, 0.6) is 0 Å². The second kappa shape index (κ2) is 7.12. The smallest absolute Gasteiger partial charge is 0.271 e. The maximum atomic E-state index is 12.5. The number of anilines is 1. The Hall–Kier alpha value is -2.89. The van der Waals surface area contributed by atoms with Gasteiger partial charge in [-0.1, -0.05) is 18.2 Å². The largest absolute Gasteiger partial charge is 0.338 e. The minimum absolute atomic E-state index is 0.0642. The SMILES string of the molecule is O=C(Nc1ccc[nH]c1=O)C1CCCN(C(=O)c2ccccc2)C1. The molecule has 1 aliphatic heterocycles. The van der Waals surface area contributed by atoms with E-state index in [4.69, 9.17) is 0 Å². The summed E-state index contributed by atoms with van der Waals surface area (Å²) >= 11 is 0. The number of benzene rings is 1. The predicted octanol–water partition coefficient (Wildman–Crippen LogP) is 1.87. The van der Waals surface area contributed by atoms with Gasteiger partial charge in [-0.3, -0.25) is 14.4 Å². The van der Waals surface area contributed by atoms with E-state index in [2.05, 4.69) is 10.3 Å². The number of hydrogen-bond acceptors (Lipinski definition) is 3. The quantitative estimate of drug-likeness (QED) is 0.904. The lowest BCUT2D eigenvalue weighted by Gasteiger charge is -2.32. The van der Waals surface area contributed by atoms with Gasteiger partial charge in [0.25, 0.3) is 11.5 Å². The molecule has 124 valence electrons. The Balaban J connectivity index is 1.67. The van der Waals surface area contributed by atoms with E-state index in [1.807, 2.05) is 18.2 Å². The molecular weight excluding hydrogens is 306 g/mol. The third-order valence-corrected chi connectivity index (χ3v) is 4.18. The van der Waals surface area contributed by atoms with Gasteiger partial charge in [0.15, 0.2) is 0 Å². The first-order valence-corrected chi connectivity index (χ1v) is 7.98. The molecule has 1 fully saturated rings. The van der Waals surface area contributed by atoms with E-state index in [0.29, 0.717) is 25.1 Å². The van der Waals surface area contributed by atoms with Crippen molar-refractivity contribution < 1.29 is 9.59 Å². The minimum atomic E-state index is -0.334. The Morgan fingerprint density at radius 1 is 1.12 bits per heavy atom. The average molecular weight is 325 g/mol. The summed E-state index contributed by atoms with van der Waals surface area (Å²) in [4.78, 5) is 40.8. The molecule has 0 spiro atoms. The molecule has 1 aromatic carbocycles. The van der Waals surface area contributed by atoms with E-state index >= 15 is 0 Å². The highest BCUT2D eigenvalue weighted by molar-refractivity contribution is 5.96. The summed E-state index contributed by atoms with van der Waals surface area (Å²) in [6.45, 7) is 1.01. The Labute approximate surface area is 139 Å². The number of nitrogens with one attached hydrogen (secondary N) is 2. The van der Waals surface area contributed by atoms with Crippen LogP contribution >= 0.6 is 0 Å². The zero-order chi connectivity index (χ0) is 16.9. The summed E-state index contributed by atoms with van der Waals surface area (Å²) in [6.07, 6.45) is 2.98. The van der Waals surface area contributed by atoms with E-state index in [1.165, 1.54) is 6.20 Å². The number of aromatic nitrogens is 1. The number of rotatable bonds is 3. The molecule has 0 bridgehead atoms. The van der Waals surface area contributed by atoms with Crippen LogP contribution in [0.2, 0.25) is 0 Å². The Morgan fingerprint density at radius 3 is 2.67 bits per heavy atom. The second-order valence-electron chi connectivity index (χ2n) is 5.86. The zero-order valence-electron chi connectivity index (χ0n) is 13.2. The van der Waals surface area contributed by atoms with Crippen LogP contribution in [0.3, 0.4) is 0 Å². The molecule has 24 heavy (non-hydrogen) atoms. The van der Waals surface area contributed by atoms with Crippen LogP contribution in [0.1, 0.15) is 23.2 Å². The van der Waals surface area contributed by atoms with Crippen molar-refractivity contribution in [3.63, 3.8) is 0 Å². The fraction of sp³-hybridized carbons (Fsp3) is 0.278. The van der Waals surface area contributed by atoms with Crippen LogP contribution in [-0.2, 0) is 4.79 Å². The summed E-state index contributed by atoms with van der Waals surface area (Å²) < 4.78 is 0. The molecule has 2 heterocycles. The highest BCUT2D eigenvalue weighted by atomic mass is 16.2. The van der Waals surface area contributed by atoms with Crippen molar-refractivity contribution in [3.05, 3.63) is 64.6 Å². The molecule has 1 atom stereocenters. The number of likely N-dealkylation sites (tertiary alicyclic amines) is 1. The average Bonchev–Trinajstić information content (AvgIpc) is 2.64. The summed E-state index contributed by atoms with van der Waals surface area (Å²) in [5.74, 6) is -0.603. The first-order valence-electron chi connectivity index (χ1n) is 7.98. The van der Waals surface area contributed by atoms with Crippen LogP contribution in [0.4, 0.5) is 5.69 Å². The number of nitrogens with zero attached hydrogens (tertiary/aromatic N) is 1. The molecule has 2 aromatic rings. The summed E-state index contributed by atoms with van der Waals surface area (Å²) in [5.41, 5.74) is 0.519. The normalized spacial score (nSPS) is 17.3. The van der Waals surface area contributed by atoms with Crippen LogP contribution in [0.25, 0.3) is 0 Å². The number of H-pyrrole nitrogens is 1. The van der Waals surface area contributed by atoms with Crippen molar-refractivity contribution in [2.75, 3.05) is 18.4 Å². The van der Waals surface area contributed by atoms with Crippen molar-refractivity contribution in [3.8, 4) is 0 Å². The fourth-order valence-corrected chi connectivity index (χ4v) is 2.89. The molecule has 3 rings (SSSR count). The molecule has 1 saturated heterocycles. The second-order valence-corrected chi connectivity index (χ2v) is 5.86.